The number of aliphatic hydroxyl groups is 1. The third-order valence-corrected chi connectivity index (χ3v) is 2.99. The number of anilines is 1. The maximum atomic E-state index is 12.4. The molecule has 0 aromatic carbocycles. The van der Waals surface area contributed by atoms with Gasteiger partial charge in [-0.2, -0.15) is 13.2 Å². The molecule has 102 valence electrons. The lowest BCUT2D eigenvalue weighted by molar-refractivity contribution is -0.141. The molecule has 1 aromatic rings. The molecule has 0 aliphatic rings. The fourth-order valence-electron chi connectivity index (χ4n) is 1.46. The first kappa shape index (κ1) is 14.8. The Balaban J connectivity index is 2.75. The van der Waals surface area contributed by atoms with Crippen LogP contribution in [0.3, 0.4) is 0 Å². The smallest absolute Gasteiger partial charge is 0.388 e. The van der Waals surface area contributed by atoms with Crippen LogP contribution >= 0.6 is 0 Å². The molecule has 3 nitrogen and oxygen atoms in total. The van der Waals surface area contributed by atoms with Crippen LogP contribution in [0.4, 0.5) is 18.9 Å². The highest BCUT2D eigenvalue weighted by molar-refractivity contribution is 5.44. The molecule has 1 heterocycles. The van der Waals surface area contributed by atoms with Crippen LogP contribution in [0.2, 0.25) is 0 Å². The number of alkyl halides is 3. The van der Waals surface area contributed by atoms with Crippen molar-refractivity contribution in [1.82, 2.24) is 4.98 Å². The zero-order chi connectivity index (χ0) is 13.8. The Labute approximate surface area is 104 Å². The van der Waals surface area contributed by atoms with Crippen molar-refractivity contribution in [3.63, 3.8) is 0 Å². The van der Waals surface area contributed by atoms with Gasteiger partial charge < -0.3 is 10.4 Å². The molecule has 0 spiro atoms. The van der Waals surface area contributed by atoms with Crippen molar-refractivity contribution in [2.75, 3.05) is 11.9 Å². The van der Waals surface area contributed by atoms with Gasteiger partial charge in [-0.25, -0.2) is 0 Å². The predicted octanol–water partition coefficient (Wildman–Crippen LogP) is 3.06. The van der Waals surface area contributed by atoms with Crippen LogP contribution in [-0.4, -0.2) is 22.2 Å². The van der Waals surface area contributed by atoms with Gasteiger partial charge in [-0.15, -0.1) is 0 Å². The molecule has 0 saturated carbocycles. The summed E-state index contributed by atoms with van der Waals surface area (Å²) in [7, 11) is 0. The topological polar surface area (TPSA) is 45.1 Å². The second kappa shape index (κ2) is 5.56. The third-order valence-electron chi connectivity index (χ3n) is 2.99. The van der Waals surface area contributed by atoms with E-state index in [0.29, 0.717) is 18.5 Å². The summed E-state index contributed by atoms with van der Waals surface area (Å²) in [5.74, 6) is 0. The van der Waals surface area contributed by atoms with E-state index in [1.807, 2.05) is 13.8 Å². The lowest BCUT2D eigenvalue weighted by Crippen LogP contribution is -2.35. The number of halogens is 3. The Morgan fingerprint density at radius 2 is 1.89 bits per heavy atom. The second-order valence-corrected chi connectivity index (χ2v) is 4.21. The van der Waals surface area contributed by atoms with E-state index in [0.717, 1.165) is 12.3 Å². The number of rotatable bonds is 5. The van der Waals surface area contributed by atoms with Gasteiger partial charge in [0.25, 0.3) is 0 Å². The molecule has 1 aromatic heterocycles. The van der Waals surface area contributed by atoms with Crippen LogP contribution in [0, 0.1) is 0 Å². The molecule has 0 atom stereocenters. The van der Waals surface area contributed by atoms with Crippen molar-refractivity contribution in [3.05, 3.63) is 24.0 Å². The van der Waals surface area contributed by atoms with E-state index in [-0.39, 0.29) is 6.54 Å². The van der Waals surface area contributed by atoms with Crippen LogP contribution in [0.15, 0.2) is 18.3 Å². The first-order valence-electron chi connectivity index (χ1n) is 5.80. The largest absolute Gasteiger partial charge is 0.433 e. The van der Waals surface area contributed by atoms with Gasteiger partial charge in [0.2, 0.25) is 0 Å². The van der Waals surface area contributed by atoms with Gasteiger partial charge in [-0.1, -0.05) is 13.8 Å². The van der Waals surface area contributed by atoms with Gasteiger partial charge in [0.05, 0.1) is 5.60 Å². The number of pyridine rings is 1. The van der Waals surface area contributed by atoms with Crippen molar-refractivity contribution < 1.29 is 18.3 Å². The zero-order valence-electron chi connectivity index (χ0n) is 10.4. The number of nitrogens with one attached hydrogen (secondary N) is 1. The Bertz CT molecular complexity index is 389. The number of hydrogen-bond acceptors (Lipinski definition) is 3. The summed E-state index contributed by atoms with van der Waals surface area (Å²) >= 11 is 0. The average molecular weight is 262 g/mol. The molecule has 0 unspecified atom stereocenters. The molecular weight excluding hydrogens is 245 g/mol. The minimum Gasteiger partial charge on any atom is -0.388 e. The Kier molecular flexibility index (Phi) is 4.56. The molecule has 2 N–H and O–H groups in total. The van der Waals surface area contributed by atoms with E-state index in [4.69, 9.17) is 0 Å². The second-order valence-electron chi connectivity index (χ2n) is 4.21. The molecule has 0 radical (unpaired) electrons. The molecular formula is C12H17F3N2O. The normalized spacial score (nSPS) is 12.6. The Morgan fingerprint density at radius 1 is 1.28 bits per heavy atom. The predicted molar refractivity (Wildman–Crippen MR) is 63.3 cm³/mol. The molecule has 0 aliphatic heterocycles. The van der Waals surface area contributed by atoms with E-state index in [9.17, 15) is 18.3 Å². The van der Waals surface area contributed by atoms with Gasteiger partial charge in [0, 0.05) is 18.4 Å². The van der Waals surface area contributed by atoms with Crippen molar-refractivity contribution in [2.24, 2.45) is 0 Å². The summed E-state index contributed by atoms with van der Waals surface area (Å²) in [6.45, 7) is 3.87. The Hall–Kier alpha value is -1.30. The van der Waals surface area contributed by atoms with E-state index in [2.05, 4.69) is 10.3 Å². The zero-order valence-corrected chi connectivity index (χ0v) is 10.4. The summed E-state index contributed by atoms with van der Waals surface area (Å²) in [4.78, 5) is 3.27. The van der Waals surface area contributed by atoms with Crippen LogP contribution in [0.5, 0.6) is 0 Å². The van der Waals surface area contributed by atoms with E-state index in [1.165, 1.54) is 6.07 Å². The third kappa shape index (κ3) is 3.87. The van der Waals surface area contributed by atoms with Crippen molar-refractivity contribution in [1.29, 1.82) is 0 Å². The van der Waals surface area contributed by atoms with Gasteiger partial charge in [-0.05, 0) is 25.0 Å². The lowest BCUT2D eigenvalue weighted by atomic mass is 9.97. The summed E-state index contributed by atoms with van der Waals surface area (Å²) in [5, 5.41) is 12.8. The van der Waals surface area contributed by atoms with Gasteiger partial charge in [0.15, 0.2) is 0 Å². The molecule has 0 saturated heterocycles. The first-order chi connectivity index (χ1) is 8.30. The van der Waals surface area contributed by atoms with Gasteiger partial charge in [0.1, 0.15) is 5.69 Å². The highest BCUT2D eigenvalue weighted by atomic mass is 19.4. The SMILES string of the molecule is CCC(O)(CC)CNc1ccnc(C(F)(F)F)c1. The van der Waals surface area contributed by atoms with E-state index in [1.54, 1.807) is 0 Å². The molecule has 0 fully saturated rings. The van der Waals surface area contributed by atoms with Crippen LogP contribution < -0.4 is 5.32 Å². The fourth-order valence-corrected chi connectivity index (χ4v) is 1.46. The fraction of sp³-hybridized carbons (Fsp3) is 0.583. The van der Waals surface area contributed by atoms with Crippen molar-refractivity contribution in [3.8, 4) is 0 Å². The van der Waals surface area contributed by atoms with Gasteiger partial charge in [-0.3, -0.25) is 4.98 Å². The number of aromatic nitrogens is 1. The maximum Gasteiger partial charge on any atom is 0.433 e. The summed E-state index contributed by atoms with van der Waals surface area (Å²) < 4.78 is 37.3. The lowest BCUT2D eigenvalue weighted by Gasteiger charge is -2.26. The standard InChI is InChI=1S/C12H17F3N2O/c1-3-11(18,4-2)8-17-9-5-6-16-10(7-9)12(13,14)15/h5-7,18H,3-4,8H2,1-2H3,(H,16,17). The van der Waals surface area contributed by atoms with Crippen molar-refractivity contribution in [2.45, 2.75) is 38.5 Å². The monoisotopic (exact) mass is 262 g/mol. The molecule has 1 rings (SSSR count). The number of nitrogens with zero attached hydrogens (tertiary/aromatic N) is 1. The highest BCUT2D eigenvalue weighted by Gasteiger charge is 2.32. The van der Waals surface area contributed by atoms with E-state index >= 15 is 0 Å². The maximum absolute atomic E-state index is 12.4. The summed E-state index contributed by atoms with van der Waals surface area (Å²) in [6.07, 6.45) is -2.28. The number of hydrogen-bond donors (Lipinski definition) is 2. The molecule has 0 aliphatic carbocycles. The molecule has 18 heavy (non-hydrogen) atoms. The average Bonchev–Trinajstić information content (AvgIpc) is 2.35. The Morgan fingerprint density at radius 3 is 2.39 bits per heavy atom. The summed E-state index contributed by atoms with van der Waals surface area (Å²) in [6, 6.07) is 2.38. The first-order valence-corrected chi connectivity index (χ1v) is 5.80. The van der Waals surface area contributed by atoms with Crippen molar-refractivity contribution >= 4 is 5.69 Å². The summed E-state index contributed by atoms with van der Waals surface area (Å²) in [5.41, 5.74) is -1.54. The van der Waals surface area contributed by atoms with Crippen LogP contribution in [0.1, 0.15) is 32.4 Å². The minimum atomic E-state index is -4.45. The quantitative estimate of drug-likeness (QED) is 0.857. The minimum absolute atomic E-state index is 0.210. The van der Waals surface area contributed by atoms with E-state index < -0.39 is 17.5 Å². The highest BCUT2D eigenvalue weighted by Crippen LogP contribution is 2.29. The van der Waals surface area contributed by atoms with Crippen LogP contribution in [-0.2, 0) is 6.18 Å². The van der Waals surface area contributed by atoms with Crippen LogP contribution in [0.25, 0.3) is 0 Å². The molecule has 0 bridgehead atoms. The van der Waals surface area contributed by atoms with Gasteiger partial charge >= 0.3 is 6.18 Å². The molecule has 0 amide bonds. The molecule has 6 heteroatoms.